The summed E-state index contributed by atoms with van der Waals surface area (Å²) in [7, 11) is 0. The van der Waals surface area contributed by atoms with E-state index in [1.54, 1.807) is 12.1 Å². The van der Waals surface area contributed by atoms with Crippen molar-refractivity contribution in [2.24, 2.45) is 10.2 Å². The first kappa shape index (κ1) is 23.6. The number of aliphatic hydroxyl groups is 1. The third kappa shape index (κ3) is 4.91. The Bertz CT molecular complexity index is 648. The summed E-state index contributed by atoms with van der Waals surface area (Å²) in [5.41, 5.74) is -1.44. The summed E-state index contributed by atoms with van der Waals surface area (Å²) in [6.45, 7) is 6.38. The van der Waals surface area contributed by atoms with Crippen molar-refractivity contribution in [3.8, 4) is 0 Å². The third-order valence-corrected chi connectivity index (χ3v) is 21.8. The number of hydrogen-bond acceptors (Lipinski definition) is 3. The summed E-state index contributed by atoms with van der Waals surface area (Å²) >= 11 is -3.00. The maximum absolute atomic E-state index is 13.6. The van der Waals surface area contributed by atoms with Crippen LogP contribution in [0, 0.1) is 0 Å². The predicted octanol–water partition coefficient (Wildman–Crippen LogP) is 6.42. The SMILES string of the molecule is CCC[CH2][Sn]([CH2]CCC)([CH2]CCC)[c]1cc(C2(C(F)(F)F)N=N2)ccc1CO. The number of unbranched alkanes of at least 4 members (excludes halogenated alkanes) is 3. The molecule has 2 rings (SSSR count). The molecule has 28 heavy (non-hydrogen) atoms. The molecule has 0 spiro atoms. The van der Waals surface area contributed by atoms with Crippen molar-refractivity contribution in [3.05, 3.63) is 29.3 Å². The number of halogens is 3. The van der Waals surface area contributed by atoms with E-state index in [0.717, 1.165) is 61.0 Å². The molecule has 158 valence electrons. The van der Waals surface area contributed by atoms with Gasteiger partial charge in [0.2, 0.25) is 0 Å². The number of alkyl halides is 3. The Labute approximate surface area is 170 Å². The van der Waals surface area contributed by atoms with E-state index in [0.29, 0.717) is 0 Å². The standard InChI is InChI=1S/C9H6F3N2O.3C4H9.Sn/c10-9(11,12)8(13-14-8)7-3-1-6(5-15)2-4-7;3*1-3-4-2;/h1,3-4,15H,5H2;3*1,3-4H2,2H3;. The molecule has 7 heteroatoms. The van der Waals surface area contributed by atoms with E-state index in [2.05, 4.69) is 31.0 Å². The van der Waals surface area contributed by atoms with E-state index in [1.165, 1.54) is 6.07 Å². The van der Waals surface area contributed by atoms with Gasteiger partial charge in [0, 0.05) is 0 Å². The van der Waals surface area contributed by atoms with E-state index >= 15 is 0 Å². The van der Waals surface area contributed by atoms with Gasteiger partial charge in [-0.15, -0.1) is 0 Å². The average Bonchev–Trinajstić information content (AvgIpc) is 3.49. The van der Waals surface area contributed by atoms with Gasteiger partial charge in [0.05, 0.1) is 0 Å². The fourth-order valence-corrected chi connectivity index (χ4v) is 21.2. The average molecular weight is 505 g/mol. The van der Waals surface area contributed by atoms with Crippen molar-refractivity contribution in [3.63, 3.8) is 0 Å². The molecule has 0 unspecified atom stereocenters. The van der Waals surface area contributed by atoms with Crippen LogP contribution in [0.15, 0.2) is 28.4 Å². The molecule has 1 aromatic carbocycles. The Morgan fingerprint density at radius 1 is 0.929 bits per heavy atom. The normalized spacial score (nSPS) is 15.8. The monoisotopic (exact) mass is 506 g/mol. The third-order valence-electron chi connectivity index (χ3n) is 5.98. The zero-order valence-electron chi connectivity index (χ0n) is 17.3. The topological polar surface area (TPSA) is 45.0 Å². The zero-order valence-corrected chi connectivity index (χ0v) is 20.1. The van der Waals surface area contributed by atoms with Crippen LogP contribution in [0.25, 0.3) is 0 Å². The van der Waals surface area contributed by atoms with Crippen LogP contribution in [0.1, 0.15) is 70.4 Å². The van der Waals surface area contributed by atoms with Gasteiger partial charge < -0.3 is 0 Å². The molecule has 1 aliphatic heterocycles. The first-order valence-electron chi connectivity index (χ1n) is 10.6. The molecule has 0 saturated carbocycles. The Kier molecular flexibility index (Phi) is 8.37. The summed E-state index contributed by atoms with van der Waals surface area (Å²) in [5.74, 6) is 0. The molecule has 0 aromatic heterocycles. The quantitative estimate of drug-likeness (QED) is 0.328. The first-order chi connectivity index (χ1) is 13.3. The van der Waals surface area contributed by atoms with E-state index < -0.39 is 30.2 Å². The van der Waals surface area contributed by atoms with E-state index in [4.69, 9.17) is 0 Å². The fraction of sp³-hybridized carbons (Fsp3) is 0.714. The van der Waals surface area contributed by atoms with E-state index in [9.17, 15) is 18.3 Å². The molecule has 0 radical (unpaired) electrons. The maximum atomic E-state index is 13.6. The molecule has 0 saturated heterocycles. The Hall–Kier alpha value is -0.631. The minimum absolute atomic E-state index is 0.119. The van der Waals surface area contributed by atoms with Crippen molar-refractivity contribution >= 4 is 22.0 Å². The molecule has 3 nitrogen and oxygen atoms in total. The molecule has 0 aliphatic carbocycles. The Balaban J connectivity index is 2.57. The van der Waals surface area contributed by atoms with Crippen molar-refractivity contribution in [2.45, 2.75) is 91.1 Å². The predicted molar refractivity (Wildman–Crippen MR) is 109 cm³/mol. The Morgan fingerprint density at radius 2 is 1.43 bits per heavy atom. The summed E-state index contributed by atoms with van der Waals surface area (Å²) < 4.78 is 45.2. The van der Waals surface area contributed by atoms with Gasteiger partial charge in [0.1, 0.15) is 0 Å². The Morgan fingerprint density at radius 3 is 1.79 bits per heavy atom. The van der Waals surface area contributed by atoms with Gasteiger partial charge in [-0.25, -0.2) is 0 Å². The van der Waals surface area contributed by atoms with Crippen molar-refractivity contribution < 1.29 is 18.3 Å². The molecule has 0 fully saturated rings. The molecule has 1 aliphatic rings. The van der Waals surface area contributed by atoms with Gasteiger partial charge in [0.25, 0.3) is 0 Å². The van der Waals surface area contributed by atoms with Gasteiger partial charge in [0.15, 0.2) is 0 Å². The number of benzene rings is 1. The second-order valence-corrected chi connectivity index (χ2v) is 21.1. The fourth-order valence-electron chi connectivity index (χ4n) is 4.19. The first-order valence-corrected chi connectivity index (χ1v) is 18.0. The van der Waals surface area contributed by atoms with Gasteiger partial charge in [-0.05, 0) is 0 Å². The number of nitrogens with zero attached hydrogens (tertiary/aromatic N) is 2. The number of aliphatic hydroxyl groups excluding tert-OH is 1. The van der Waals surface area contributed by atoms with Crippen LogP contribution in [0.3, 0.4) is 0 Å². The summed E-state index contributed by atoms with van der Waals surface area (Å²) in [5, 5.41) is 16.8. The van der Waals surface area contributed by atoms with Gasteiger partial charge in [-0.2, -0.15) is 0 Å². The van der Waals surface area contributed by atoms with Gasteiger partial charge in [-0.3, -0.25) is 0 Å². The second kappa shape index (κ2) is 9.92. The molecular formula is C21H33F3N2OSn. The van der Waals surface area contributed by atoms with Crippen molar-refractivity contribution in [1.29, 1.82) is 0 Å². The molecule has 0 amide bonds. The summed E-state index contributed by atoms with van der Waals surface area (Å²) in [6, 6.07) is 4.88. The molecule has 1 N–H and O–H groups in total. The van der Waals surface area contributed by atoms with Crippen LogP contribution in [-0.4, -0.2) is 29.7 Å². The number of rotatable bonds is 12. The van der Waals surface area contributed by atoms with Gasteiger partial charge >= 0.3 is 171 Å². The van der Waals surface area contributed by atoms with Crippen molar-refractivity contribution in [1.82, 2.24) is 0 Å². The van der Waals surface area contributed by atoms with E-state index in [1.807, 2.05) is 0 Å². The molecule has 0 bridgehead atoms. The van der Waals surface area contributed by atoms with Crippen LogP contribution >= 0.6 is 0 Å². The van der Waals surface area contributed by atoms with Crippen LogP contribution in [-0.2, 0) is 12.3 Å². The summed E-state index contributed by atoms with van der Waals surface area (Å²) in [6.07, 6.45) is 2.07. The van der Waals surface area contributed by atoms with Gasteiger partial charge in [-0.1, -0.05) is 0 Å². The second-order valence-electron chi connectivity index (χ2n) is 7.99. The number of hydrogen-bond donors (Lipinski definition) is 1. The molecular weight excluding hydrogens is 472 g/mol. The van der Waals surface area contributed by atoms with Crippen LogP contribution in [0.5, 0.6) is 0 Å². The van der Waals surface area contributed by atoms with Crippen LogP contribution < -0.4 is 3.58 Å². The molecule has 1 aromatic rings. The van der Waals surface area contributed by atoms with Crippen molar-refractivity contribution in [2.75, 3.05) is 0 Å². The van der Waals surface area contributed by atoms with Crippen LogP contribution in [0.2, 0.25) is 13.3 Å². The molecule has 1 heterocycles. The minimum atomic E-state index is -4.51. The van der Waals surface area contributed by atoms with E-state index in [-0.39, 0.29) is 12.2 Å². The summed E-state index contributed by atoms with van der Waals surface area (Å²) in [4.78, 5) is 0. The van der Waals surface area contributed by atoms with Crippen LogP contribution in [0.4, 0.5) is 13.2 Å². The zero-order chi connectivity index (χ0) is 20.8. The molecule has 0 atom stereocenters.